The van der Waals surface area contributed by atoms with Crippen molar-refractivity contribution >= 4 is 0 Å². The van der Waals surface area contributed by atoms with Gasteiger partial charge in [0.1, 0.15) is 0 Å². The third-order valence-corrected chi connectivity index (χ3v) is 0.890. The molecular weight excluding hydrogens is 90.1 g/mol. The van der Waals surface area contributed by atoms with Gasteiger partial charge in [0.05, 0.1) is 0 Å². The van der Waals surface area contributed by atoms with Crippen LogP contribution in [0.2, 0.25) is 0 Å². The molecule has 0 aromatic rings. The van der Waals surface area contributed by atoms with E-state index in [1.165, 1.54) is 0 Å². The maximum Gasteiger partial charge on any atom is -0.0176 e. The molecule has 0 aliphatic carbocycles. The van der Waals surface area contributed by atoms with E-state index in [0.29, 0.717) is 0 Å². The lowest BCUT2D eigenvalue weighted by atomic mass is 10.2. The maximum absolute atomic E-state index is 10.5. The van der Waals surface area contributed by atoms with Crippen molar-refractivity contribution in [2.75, 3.05) is 7.05 Å². The first-order chi connectivity index (χ1) is 3.18. The fourth-order valence-electron chi connectivity index (χ4n) is 0.333. The van der Waals surface area contributed by atoms with Crippen LogP contribution < -0.4 is 10.4 Å². The molecule has 0 heterocycles. The molecule has 1 atom stereocenters. The fourth-order valence-corrected chi connectivity index (χ4v) is 0.333. The molecule has 2 heteroatoms. The quantitative estimate of drug-likeness (QED) is 0.479. The topological polar surface area (TPSA) is 35.1 Å². The molecule has 0 spiro atoms. The number of hydrogen-bond donors (Lipinski definition) is 1. The Morgan fingerprint density at radius 3 is 1.86 bits per heavy atom. The van der Waals surface area contributed by atoms with Crippen LogP contribution in [0.15, 0.2) is 0 Å². The van der Waals surface area contributed by atoms with Gasteiger partial charge in [0.2, 0.25) is 0 Å². The van der Waals surface area contributed by atoms with Crippen LogP contribution >= 0.6 is 0 Å². The third-order valence-electron chi connectivity index (χ3n) is 0.890. The fraction of sp³-hybridized carbons (Fsp3) is 1.00. The Bertz CT molecular complexity index is 45.3. The van der Waals surface area contributed by atoms with E-state index in [2.05, 4.69) is 5.32 Å². The molecule has 44 valence electrons. The Kier molecular flexibility index (Phi) is 2.96. The van der Waals surface area contributed by atoms with Gasteiger partial charge in [-0.25, -0.2) is 0 Å². The predicted molar refractivity (Wildman–Crippen MR) is 27.7 cm³/mol. The SMILES string of the molecule is CNC([O-])C(C)C. The standard InChI is InChI=1S/C5H12NO/c1-4(2)5(7)6-3/h4-6H,1-3H3/q-1. The molecule has 1 unspecified atom stereocenters. The molecule has 1 N–H and O–H groups in total. The van der Waals surface area contributed by atoms with Gasteiger partial charge >= 0.3 is 0 Å². The molecule has 2 nitrogen and oxygen atoms in total. The van der Waals surface area contributed by atoms with Crippen molar-refractivity contribution in [2.24, 2.45) is 5.92 Å². The highest BCUT2D eigenvalue weighted by Crippen LogP contribution is 1.90. The van der Waals surface area contributed by atoms with Gasteiger partial charge in [-0.2, -0.15) is 0 Å². The van der Waals surface area contributed by atoms with Crippen LogP contribution in [0.25, 0.3) is 0 Å². The molecule has 7 heavy (non-hydrogen) atoms. The normalized spacial score (nSPS) is 15.0. The zero-order chi connectivity index (χ0) is 5.86. The van der Waals surface area contributed by atoms with Crippen LogP contribution in [0.5, 0.6) is 0 Å². The van der Waals surface area contributed by atoms with Crippen molar-refractivity contribution < 1.29 is 5.11 Å². The van der Waals surface area contributed by atoms with Crippen LogP contribution in [0.1, 0.15) is 13.8 Å². The number of nitrogens with one attached hydrogen (secondary N) is 1. The van der Waals surface area contributed by atoms with Crippen molar-refractivity contribution in [1.29, 1.82) is 0 Å². The van der Waals surface area contributed by atoms with E-state index in [1.807, 2.05) is 13.8 Å². The van der Waals surface area contributed by atoms with Crippen molar-refractivity contribution in [3.05, 3.63) is 0 Å². The Labute approximate surface area is 44.5 Å². The summed E-state index contributed by atoms with van der Waals surface area (Å²) in [5.41, 5.74) is 0. The molecule has 0 amide bonds. The van der Waals surface area contributed by atoms with E-state index in [9.17, 15) is 5.11 Å². The molecule has 0 radical (unpaired) electrons. The van der Waals surface area contributed by atoms with E-state index in [0.717, 1.165) is 0 Å². The van der Waals surface area contributed by atoms with Crippen LogP contribution in [0.3, 0.4) is 0 Å². The molecule has 0 bridgehead atoms. The van der Waals surface area contributed by atoms with Crippen LogP contribution in [0, 0.1) is 5.92 Å². The zero-order valence-electron chi connectivity index (χ0n) is 5.06. The molecule has 0 aliphatic heterocycles. The molecule has 0 aromatic heterocycles. The summed E-state index contributed by atoms with van der Waals surface area (Å²) in [5.74, 6) is 0.199. The molecule has 0 saturated heterocycles. The van der Waals surface area contributed by atoms with Crippen molar-refractivity contribution in [2.45, 2.75) is 20.1 Å². The summed E-state index contributed by atoms with van der Waals surface area (Å²) in [7, 11) is 1.68. The third kappa shape index (κ3) is 2.60. The summed E-state index contributed by atoms with van der Waals surface area (Å²) < 4.78 is 0. The Morgan fingerprint density at radius 2 is 1.86 bits per heavy atom. The van der Waals surface area contributed by atoms with Crippen LogP contribution in [-0.4, -0.2) is 13.3 Å². The first-order valence-electron chi connectivity index (χ1n) is 2.51. The van der Waals surface area contributed by atoms with E-state index in [4.69, 9.17) is 0 Å². The summed E-state index contributed by atoms with van der Waals surface area (Å²) >= 11 is 0. The Hall–Kier alpha value is -0.0800. The van der Waals surface area contributed by atoms with Crippen LogP contribution in [-0.2, 0) is 0 Å². The molecule has 0 aromatic carbocycles. The second kappa shape index (κ2) is 2.99. The first kappa shape index (κ1) is 6.92. The smallest absolute Gasteiger partial charge is 0.0176 e. The largest absolute Gasteiger partial charge is 0.841 e. The van der Waals surface area contributed by atoms with Gasteiger partial charge in [-0.15, -0.1) is 0 Å². The minimum atomic E-state index is -0.597. The number of hydrogen-bond acceptors (Lipinski definition) is 2. The second-order valence-corrected chi connectivity index (χ2v) is 1.95. The summed E-state index contributed by atoms with van der Waals surface area (Å²) in [4.78, 5) is 0. The molecule has 0 aliphatic rings. The highest BCUT2D eigenvalue weighted by molar-refractivity contribution is 4.49. The van der Waals surface area contributed by atoms with Crippen molar-refractivity contribution in [1.82, 2.24) is 5.32 Å². The van der Waals surface area contributed by atoms with Crippen molar-refractivity contribution in [3.63, 3.8) is 0 Å². The van der Waals surface area contributed by atoms with Gasteiger partial charge in [-0.1, -0.05) is 20.1 Å². The minimum absolute atomic E-state index is 0.199. The van der Waals surface area contributed by atoms with Gasteiger partial charge in [-0.05, 0) is 13.0 Å². The van der Waals surface area contributed by atoms with Gasteiger partial charge in [0, 0.05) is 0 Å². The highest BCUT2D eigenvalue weighted by atomic mass is 16.3. The van der Waals surface area contributed by atoms with Gasteiger partial charge in [0.15, 0.2) is 0 Å². The van der Waals surface area contributed by atoms with Gasteiger partial charge in [0.25, 0.3) is 0 Å². The van der Waals surface area contributed by atoms with E-state index < -0.39 is 6.23 Å². The lowest BCUT2D eigenvalue weighted by Crippen LogP contribution is -2.42. The average Bonchev–Trinajstić information content (AvgIpc) is 1.65. The molecular formula is C5H12NO-. The zero-order valence-corrected chi connectivity index (χ0v) is 5.06. The average molecular weight is 102 g/mol. The van der Waals surface area contributed by atoms with E-state index in [-0.39, 0.29) is 5.92 Å². The summed E-state index contributed by atoms with van der Waals surface area (Å²) in [5, 5.41) is 13.1. The van der Waals surface area contributed by atoms with E-state index in [1.54, 1.807) is 7.05 Å². The number of rotatable bonds is 2. The summed E-state index contributed by atoms with van der Waals surface area (Å²) in [6.45, 7) is 3.79. The van der Waals surface area contributed by atoms with Crippen molar-refractivity contribution in [3.8, 4) is 0 Å². The molecule has 0 saturated carbocycles. The Morgan fingerprint density at radius 1 is 1.43 bits per heavy atom. The molecule has 0 rings (SSSR count). The van der Waals surface area contributed by atoms with Gasteiger partial charge in [-0.3, -0.25) is 0 Å². The Balaban J connectivity index is 3.14. The monoisotopic (exact) mass is 102 g/mol. The summed E-state index contributed by atoms with van der Waals surface area (Å²) in [6, 6.07) is 0. The highest BCUT2D eigenvalue weighted by Gasteiger charge is 1.92. The lowest BCUT2D eigenvalue weighted by Gasteiger charge is -2.24. The van der Waals surface area contributed by atoms with Crippen LogP contribution in [0.4, 0.5) is 0 Å². The molecule has 0 fully saturated rings. The van der Waals surface area contributed by atoms with Gasteiger partial charge < -0.3 is 10.4 Å². The minimum Gasteiger partial charge on any atom is -0.841 e. The second-order valence-electron chi connectivity index (χ2n) is 1.95. The summed E-state index contributed by atoms with van der Waals surface area (Å²) in [6.07, 6.45) is -0.597. The van der Waals surface area contributed by atoms with E-state index >= 15 is 0 Å². The maximum atomic E-state index is 10.5. The first-order valence-corrected chi connectivity index (χ1v) is 2.51. The lowest BCUT2D eigenvalue weighted by molar-refractivity contribution is -0.438. The predicted octanol–water partition coefficient (Wildman–Crippen LogP) is -0.452.